The zero-order chi connectivity index (χ0) is 21.4. The first kappa shape index (κ1) is 22.7. The normalized spacial score (nSPS) is 11.5. The van der Waals surface area contributed by atoms with Crippen LogP contribution in [0.5, 0.6) is 11.5 Å². The highest BCUT2D eigenvalue weighted by Crippen LogP contribution is 2.41. The summed E-state index contributed by atoms with van der Waals surface area (Å²) in [4.78, 5) is 11.3. The molecule has 8 heteroatoms. The highest BCUT2D eigenvalue weighted by atomic mass is 19.4. The van der Waals surface area contributed by atoms with Crippen LogP contribution in [0.25, 0.3) is 0 Å². The van der Waals surface area contributed by atoms with E-state index >= 15 is 0 Å². The number of aryl methyl sites for hydroxylation is 1. The molecule has 0 aliphatic rings. The van der Waals surface area contributed by atoms with Crippen LogP contribution < -0.4 is 4.74 Å². The third kappa shape index (κ3) is 6.74. The third-order valence-corrected chi connectivity index (χ3v) is 4.30. The lowest BCUT2D eigenvalue weighted by Gasteiger charge is -2.19. The van der Waals surface area contributed by atoms with E-state index in [1.807, 2.05) is 0 Å². The second kappa shape index (κ2) is 10.2. The zero-order valence-corrected chi connectivity index (χ0v) is 15.9. The van der Waals surface area contributed by atoms with Crippen LogP contribution in [0.2, 0.25) is 0 Å². The van der Waals surface area contributed by atoms with Crippen molar-refractivity contribution < 1.29 is 36.9 Å². The molecular formula is C21H22F4O4. The molecule has 0 aliphatic carbocycles. The maximum Gasteiger partial charge on any atom is 0.420 e. The summed E-state index contributed by atoms with van der Waals surface area (Å²) in [6.45, 7) is 0.603. The van der Waals surface area contributed by atoms with Crippen LogP contribution in [0.3, 0.4) is 0 Å². The van der Waals surface area contributed by atoms with Gasteiger partial charge in [0.2, 0.25) is 0 Å². The average molecular weight is 414 g/mol. The van der Waals surface area contributed by atoms with E-state index in [0.29, 0.717) is 19.1 Å². The summed E-state index contributed by atoms with van der Waals surface area (Å²) in [7, 11) is 1.59. The van der Waals surface area contributed by atoms with Crippen LogP contribution in [-0.2, 0) is 17.3 Å². The lowest BCUT2D eigenvalue weighted by atomic mass is 9.98. The van der Waals surface area contributed by atoms with Crippen molar-refractivity contribution in [2.24, 2.45) is 0 Å². The van der Waals surface area contributed by atoms with Crippen molar-refractivity contribution in [1.82, 2.24) is 0 Å². The quantitative estimate of drug-likeness (QED) is 0.378. The van der Waals surface area contributed by atoms with E-state index in [1.54, 1.807) is 7.11 Å². The van der Waals surface area contributed by atoms with Gasteiger partial charge in [-0.2, -0.15) is 13.2 Å². The zero-order valence-electron chi connectivity index (χ0n) is 15.9. The largest absolute Gasteiger partial charge is 0.478 e. The van der Waals surface area contributed by atoms with E-state index in [1.165, 1.54) is 18.2 Å². The first-order chi connectivity index (χ1) is 13.7. The molecule has 4 nitrogen and oxygen atoms in total. The van der Waals surface area contributed by atoms with Gasteiger partial charge in [0.05, 0.1) is 11.1 Å². The van der Waals surface area contributed by atoms with Gasteiger partial charge in [0.1, 0.15) is 17.3 Å². The molecule has 0 aromatic heterocycles. The molecule has 0 radical (unpaired) electrons. The number of carboxylic acid groups (broad SMARTS) is 1. The fourth-order valence-electron chi connectivity index (χ4n) is 2.87. The molecule has 2 aromatic rings. The van der Waals surface area contributed by atoms with Gasteiger partial charge in [0.25, 0.3) is 0 Å². The van der Waals surface area contributed by atoms with Crippen molar-refractivity contribution in [3.05, 3.63) is 58.9 Å². The minimum atomic E-state index is -4.81. The lowest BCUT2D eigenvalue weighted by Crippen LogP contribution is -2.12. The van der Waals surface area contributed by atoms with Crippen LogP contribution in [0.4, 0.5) is 17.6 Å². The van der Waals surface area contributed by atoms with Crippen LogP contribution in [0.1, 0.15) is 47.2 Å². The predicted octanol–water partition coefficient (Wildman–Crippen LogP) is 6.08. The molecule has 0 aliphatic heterocycles. The van der Waals surface area contributed by atoms with Gasteiger partial charge < -0.3 is 14.6 Å². The Hall–Kier alpha value is -2.61. The number of aromatic carboxylic acids is 1. The van der Waals surface area contributed by atoms with E-state index < -0.39 is 34.8 Å². The number of hydrogen-bond donors (Lipinski definition) is 1. The Labute approximate surface area is 166 Å². The maximum absolute atomic E-state index is 13.6. The minimum absolute atomic E-state index is 0.0290. The van der Waals surface area contributed by atoms with Gasteiger partial charge in [-0.1, -0.05) is 12.8 Å². The fraction of sp³-hybridized carbons (Fsp3) is 0.381. The molecule has 0 saturated carbocycles. The predicted molar refractivity (Wildman–Crippen MR) is 98.9 cm³/mol. The number of benzene rings is 2. The topological polar surface area (TPSA) is 55.8 Å². The van der Waals surface area contributed by atoms with E-state index in [-0.39, 0.29) is 17.7 Å². The second-order valence-corrected chi connectivity index (χ2v) is 6.53. The summed E-state index contributed by atoms with van der Waals surface area (Å²) in [5, 5.41) is 9.22. The average Bonchev–Trinajstić information content (AvgIpc) is 2.66. The summed E-state index contributed by atoms with van der Waals surface area (Å²) >= 11 is 0. The monoisotopic (exact) mass is 414 g/mol. The van der Waals surface area contributed by atoms with Gasteiger partial charge in [-0.25, -0.2) is 9.18 Å². The Morgan fingerprint density at radius 3 is 2.28 bits per heavy atom. The molecule has 158 valence electrons. The Morgan fingerprint density at radius 2 is 1.69 bits per heavy atom. The molecule has 0 spiro atoms. The van der Waals surface area contributed by atoms with Crippen LogP contribution in [0.15, 0.2) is 36.4 Å². The third-order valence-electron chi connectivity index (χ3n) is 4.30. The number of rotatable bonds is 10. The summed E-state index contributed by atoms with van der Waals surface area (Å²) in [5.41, 5.74) is -1.48. The molecule has 2 rings (SSSR count). The Kier molecular flexibility index (Phi) is 8.01. The summed E-state index contributed by atoms with van der Waals surface area (Å²) in [6.07, 6.45) is -1.62. The van der Waals surface area contributed by atoms with Crippen molar-refractivity contribution in [3.63, 3.8) is 0 Å². The highest BCUT2D eigenvalue weighted by Gasteiger charge is 2.37. The number of halogens is 4. The second-order valence-electron chi connectivity index (χ2n) is 6.53. The van der Waals surface area contributed by atoms with Crippen molar-refractivity contribution in [1.29, 1.82) is 0 Å². The van der Waals surface area contributed by atoms with Crippen LogP contribution in [0, 0.1) is 5.82 Å². The molecule has 0 atom stereocenters. The van der Waals surface area contributed by atoms with E-state index in [9.17, 15) is 27.5 Å². The van der Waals surface area contributed by atoms with E-state index in [0.717, 1.165) is 31.4 Å². The van der Waals surface area contributed by atoms with E-state index in [4.69, 9.17) is 9.47 Å². The fourth-order valence-corrected chi connectivity index (χ4v) is 2.87. The van der Waals surface area contributed by atoms with Crippen molar-refractivity contribution in [3.8, 4) is 11.5 Å². The highest BCUT2D eigenvalue weighted by molar-refractivity contribution is 5.88. The molecule has 0 fully saturated rings. The number of ether oxygens (including phenoxy) is 2. The Morgan fingerprint density at radius 1 is 1.03 bits per heavy atom. The standard InChI is InChI=1S/C21H22F4O4/c1-28-11-5-3-2-4-6-14-12-15(20(26)27)13-18(21(23,24)25)19(14)29-17-9-7-16(22)8-10-17/h7-10,12-13H,2-6,11H2,1H3,(H,26,27). The lowest BCUT2D eigenvalue weighted by molar-refractivity contribution is -0.138. The molecule has 0 bridgehead atoms. The number of methoxy groups -OCH3 is 1. The molecular weight excluding hydrogens is 392 g/mol. The van der Waals surface area contributed by atoms with Crippen LogP contribution in [-0.4, -0.2) is 24.8 Å². The Bertz CT molecular complexity index is 817. The van der Waals surface area contributed by atoms with Crippen LogP contribution >= 0.6 is 0 Å². The van der Waals surface area contributed by atoms with Gasteiger partial charge in [0, 0.05) is 13.7 Å². The van der Waals surface area contributed by atoms with Gasteiger partial charge in [-0.05, 0) is 61.2 Å². The smallest absolute Gasteiger partial charge is 0.420 e. The molecule has 0 saturated heterocycles. The van der Waals surface area contributed by atoms with Crippen molar-refractivity contribution in [2.75, 3.05) is 13.7 Å². The number of carbonyl (C=O) groups is 1. The van der Waals surface area contributed by atoms with Gasteiger partial charge >= 0.3 is 12.1 Å². The molecule has 0 amide bonds. The number of unbranched alkanes of at least 4 members (excludes halogenated alkanes) is 3. The molecule has 29 heavy (non-hydrogen) atoms. The first-order valence-electron chi connectivity index (χ1n) is 9.12. The molecule has 0 unspecified atom stereocenters. The van der Waals surface area contributed by atoms with E-state index in [2.05, 4.69) is 0 Å². The number of carboxylic acids is 1. The number of alkyl halides is 3. The molecule has 1 N–H and O–H groups in total. The van der Waals surface area contributed by atoms with Gasteiger partial charge in [-0.15, -0.1) is 0 Å². The summed E-state index contributed by atoms with van der Waals surface area (Å²) < 4.78 is 64.4. The maximum atomic E-state index is 13.6. The molecule has 0 heterocycles. The molecule has 2 aromatic carbocycles. The van der Waals surface area contributed by atoms with Crippen molar-refractivity contribution in [2.45, 2.75) is 38.3 Å². The summed E-state index contributed by atoms with van der Waals surface area (Å²) in [5.74, 6) is -2.43. The summed E-state index contributed by atoms with van der Waals surface area (Å²) in [6, 6.07) is 6.34. The minimum Gasteiger partial charge on any atom is -0.478 e. The number of hydrogen-bond acceptors (Lipinski definition) is 3. The van der Waals surface area contributed by atoms with Crippen molar-refractivity contribution >= 4 is 5.97 Å². The van der Waals surface area contributed by atoms with Gasteiger partial charge in [0.15, 0.2) is 0 Å². The Balaban J connectivity index is 2.36. The van der Waals surface area contributed by atoms with Gasteiger partial charge in [-0.3, -0.25) is 0 Å². The first-order valence-corrected chi connectivity index (χ1v) is 9.12. The SMILES string of the molecule is COCCCCCCc1cc(C(=O)O)cc(C(F)(F)F)c1Oc1ccc(F)cc1.